The Labute approximate surface area is 185 Å². The Hall–Kier alpha value is -1.08. The van der Waals surface area contributed by atoms with E-state index in [4.69, 9.17) is 4.74 Å². The van der Waals surface area contributed by atoms with Crippen LogP contribution < -0.4 is 29.3 Å². The summed E-state index contributed by atoms with van der Waals surface area (Å²) >= 11 is 0. The van der Waals surface area contributed by atoms with Gasteiger partial charge in [0.05, 0.1) is 37.7 Å². The Morgan fingerprint density at radius 2 is 2.04 bits per heavy atom. The molecule has 28 heavy (non-hydrogen) atoms. The number of esters is 1. The first-order valence-electron chi connectivity index (χ1n) is 10.6. The van der Waals surface area contributed by atoms with Crippen molar-refractivity contribution in [2.45, 2.75) is 57.4 Å². The van der Waals surface area contributed by atoms with Gasteiger partial charge in [0.2, 0.25) is 0 Å². The van der Waals surface area contributed by atoms with Gasteiger partial charge in [-0.3, -0.25) is 0 Å². The van der Waals surface area contributed by atoms with Gasteiger partial charge in [-0.25, -0.2) is 4.79 Å². The maximum absolute atomic E-state index is 12.9. The highest BCUT2D eigenvalue weighted by atomic mass is 127. The molecule has 4 aliphatic rings. The van der Waals surface area contributed by atoms with Crippen molar-refractivity contribution in [3.63, 3.8) is 0 Å². The third-order valence-corrected chi connectivity index (χ3v) is 8.53. The molecular formula is C23H31IN2O2. The monoisotopic (exact) mass is 494 g/mol. The van der Waals surface area contributed by atoms with Crippen LogP contribution in [0.3, 0.4) is 0 Å². The Balaban J connectivity index is 0.00000192. The fourth-order valence-corrected chi connectivity index (χ4v) is 7.53. The third-order valence-electron chi connectivity index (χ3n) is 8.53. The second-order valence-electron chi connectivity index (χ2n) is 9.12. The molecule has 2 saturated heterocycles. The molecule has 152 valence electrons. The molecule has 4 nitrogen and oxygen atoms in total. The molecule has 1 N–H and O–H groups in total. The number of fused-ring (bicyclic) bond motifs is 1. The van der Waals surface area contributed by atoms with Crippen LogP contribution in [0.2, 0.25) is 0 Å². The minimum atomic E-state index is -0.136. The quantitative estimate of drug-likeness (QED) is 0.387. The molecule has 1 spiro atoms. The molecule has 0 amide bonds. The molecule has 5 rings (SSSR count). The third kappa shape index (κ3) is 2.23. The van der Waals surface area contributed by atoms with E-state index in [1.54, 1.807) is 0 Å². The van der Waals surface area contributed by atoms with Crippen molar-refractivity contribution in [1.29, 1.82) is 0 Å². The number of hydrogen-bond donors (Lipinski definition) is 1. The summed E-state index contributed by atoms with van der Waals surface area (Å²) in [6, 6.07) is 9.32. The number of halogens is 1. The first kappa shape index (κ1) is 20.2. The molecule has 0 bridgehead atoms. The summed E-state index contributed by atoms with van der Waals surface area (Å²) in [7, 11) is 1.53. The standard InChI is InChI=1S/C23H30N2O2.HI/c1-4-22-11-8-13-25(5-2)14-12-23(21(22)25)17-9-6-7-10-18(17)24-19(23)16(15-22)20(26)27-3;/h6-7,9-10,21H,4-5,8,11-15H2,1-3H3;1H/t21-,22-,23-,25?;/m0./s1. The van der Waals surface area contributed by atoms with Crippen LogP contribution in [-0.4, -0.2) is 43.2 Å². The van der Waals surface area contributed by atoms with Crippen molar-refractivity contribution in [3.8, 4) is 0 Å². The van der Waals surface area contributed by atoms with Gasteiger partial charge in [0.1, 0.15) is 6.04 Å². The SMILES string of the molecule is CC[C@]12CCC[N+]3(CC)CC[C@]4(C(=C(C(=O)OC)C1)Nc1ccccc14)[C@H]23.[I-]. The zero-order chi connectivity index (χ0) is 18.9. The maximum Gasteiger partial charge on any atom is 0.335 e. The molecule has 0 saturated carbocycles. The predicted molar refractivity (Wildman–Crippen MR) is 106 cm³/mol. The molecule has 5 heteroatoms. The zero-order valence-corrected chi connectivity index (χ0v) is 19.3. The van der Waals surface area contributed by atoms with E-state index in [0.717, 1.165) is 24.8 Å². The highest BCUT2D eigenvalue weighted by Crippen LogP contribution is 2.67. The zero-order valence-electron chi connectivity index (χ0n) is 17.2. The van der Waals surface area contributed by atoms with Crippen LogP contribution in [0.4, 0.5) is 5.69 Å². The van der Waals surface area contributed by atoms with Crippen molar-refractivity contribution in [1.82, 2.24) is 0 Å². The average molecular weight is 494 g/mol. The molecule has 1 unspecified atom stereocenters. The predicted octanol–water partition coefficient (Wildman–Crippen LogP) is 0.984. The van der Waals surface area contributed by atoms with Gasteiger partial charge in [0, 0.05) is 23.2 Å². The van der Waals surface area contributed by atoms with Gasteiger partial charge in [0.25, 0.3) is 0 Å². The van der Waals surface area contributed by atoms with Gasteiger partial charge >= 0.3 is 5.97 Å². The lowest BCUT2D eigenvalue weighted by Gasteiger charge is -2.59. The van der Waals surface area contributed by atoms with Gasteiger partial charge in [-0.15, -0.1) is 0 Å². The largest absolute Gasteiger partial charge is 1.00 e. The normalized spacial score (nSPS) is 37.3. The topological polar surface area (TPSA) is 38.3 Å². The lowest BCUT2D eigenvalue weighted by Crippen LogP contribution is -3.00. The van der Waals surface area contributed by atoms with E-state index in [2.05, 4.69) is 43.4 Å². The highest BCUT2D eigenvalue weighted by molar-refractivity contribution is 5.93. The van der Waals surface area contributed by atoms with Gasteiger partial charge < -0.3 is 38.5 Å². The van der Waals surface area contributed by atoms with E-state index in [9.17, 15) is 4.79 Å². The minimum Gasteiger partial charge on any atom is -1.00 e. The summed E-state index contributed by atoms with van der Waals surface area (Å²) in [5.74, 6) is -0.136. The van der Waals surface area contributed by atoms with Crippen molar-refractivity contribution in [3.05, 3.63) is 41.1 Å². The number of ether oxygens (including phenoxy) is 1. The number of benzene rings is 1. The van der Waals surface area contributed by atoms with E-state index in [1.807, 2.05) is 0 Å². The molecule has 0 aromatic heterocycles. The minimum absolute atomic E-state index is 0. The molecule has 2 fully saturated rings. The molecule has 1 aliphatic carbocycles. The summed E-state index contributed by atoms with van der Waals surface area (Å²) in [5, 5.41) is 3.70. The Kier molecular flexibility index (Phi) is 4.85. The summed E-state index contributed by atoms with van der Waals surface area (Å²) in [6.45, 7) is 8.41. The lowest BCUT2D eigenvalue weighted by molar-refractivity contribution is -0.952. The second-order valence-corrected chi connectivity index (χ2v) is 9.12. The van der Waals surface area contributed by atoms with Gasteiger partial charge in [-0.1, -0.05) is 25.1 Å². The molecule has 4 atom stereocenters. The van der Waals surface area contributed by atoms with Gasteiger partial charge in [-0.2, -0.15) is 0 Å². The second kappa shape index (κ2) is 6.73. The number of methoxy groups -OCH3 is 1. The van der Waals surface area contributed by atoms with E-state index < -0.39 is 0 Å². The maximum atomic E-state index is 12.9. The van der Waals surface area contributed by atoms with Crippen LogP contribution in [0.15, 0.2) is 35.5 Å². The number of quaternary nitrogens is 1. The Morgan fingerprint density at radius 1 is 1.25 bits per heavy atom. The molecule has 3 heterocycles. The summed E-state index contributed by atoms with van der Waals surface area (Å²) in [5.41, 5.74) is 4.83. The van der Waals surface area contributed by atoms with Crippen LogP contribution in [0.1, 0.15) is 51.5 Å². The summed E-state index contributed by atoms with van der Waals surface area (Å²) in [4.78, 5) is 12.9. The van der Waals surface area contributed by atoms with E-state index in [1.165, 1.54) is 61.0 Å². The van der Waals surface area contributed by atoms with Crippen molar-refractivity contribution < 1.29 is 38.0 Å². The number of para-hydroxylation sites is 1. The number of rotatable bonds is 3. The van der Waals surface area contributed by atoms with E-state index in [0.29, 0.717) is 6.04 Å². The van der Waals surface area contributed by atoms with Crippen LogP contribution in [-0.2, 0) is 14.9 Å². The Morgan fingerprint density at radius 3 is 2.75 bits per heavy atom. The number of nitrogens with one attached hydrogen (secondary N) is 1. The van der Waals surface area contributed by atoms with Crippen LogP contribution in [0.5, 0.6) is 0 Å². The molecule has 0 radical (unpaired) electrons. The number of nitrogens with zero attached hydrogens (tertiary/aromatic N) is 1. The van der Waals surface area contributed by atoms with Crippen LogP contribution >= 0.6 is 0 Å². The smallest absolute Gasteiger partial charge is 0.335 e. The number of likely N-dealkylation sites (N-methyl/N-ethyl adjacent to an activating group) is 1. The van der Waals surface area contributed by atoms with Gasteiger partial charge in [-0.05, 0) is 44.2 Å². The highest BCUT2D eigenvalue weighted by Gasteiger charge is 2.72. The summed E-state index contributed by atoms with van der Waals surface area (Å²) < 4.78 is 6.50. The number of hydrogen-bond acceptors (Lipinski definition) is 3. The van der Waals surface area contributed by atoms with Crippen molar-refractivity contribution in [2.24, 2.45) is 5.41 Å². The number of carbonyl (C=O) groups is 1. The van der Waals surface area contributed by atoms with Crippen LogP contribution in [0, 0.1) is 5.41 Å². The molecule has 1 aromatic carbocycles. The van der Waals surface area contributed by atoms with Crippen molar-refractivity contribution in [2.75, 3.05) is 32.1 Å². The van der Waals surface area contributed by atoms with Crippen molar-refractivity contribution >= 4 is 11.7 Å². The first-order chi connectivity index (χ1) is 13.1. The van der Waals surface area contributed by atoms with E-state index >= 15 is 0 Å². The van der Waals surface area contributed by atoms with Crippen LogP contribution in [0.25, 0.3) is 0 Å². The fraction of sp³-hybridized carbons (Fsp3) is 0.609. The number of anilines is 1. The average Bonchev–Trinajstić information content (AvgIpc) is 3.25. The molecular weight excluding hydrogens is 463 g/mol. The molecule has 1 aromatic rings. The number of piperidine rings is 1. The Bertz CT molecular complexity index is 853. The molecule has 3 aliphatic heterocycles. The summed E-state index contributed by atoms with van der Waals surface area (Å²) in [6.07, 6.45) is 5.63. The lowest BCUT2D eigenvalue weighted by atomic mass is 9.53. The number of carbonyl (C=O) groups excluding carboxylic acids is 1. The van der Waals surface area contributed by atoms with Gasteiger partial charge in [0.15, 0.2) is 0 Å². The van der Waals surface area contributed by atoms with E-state index in [-0.39, 0.29) is 40.8 Å². The fourth-order valence-electron chi connectivity index (χ4n) is 7.53. The first-order valence-corrected chi connectivity index (χ1v) is 10.6.